The van der Waals surface area contributed by atoms with Gasteiger partial charge in [-0.05, 0) is 43.2 Å². The maximum Gasteiger partial charge on any atom is 0.272 e. The van der Waals surface area contributed by atoms with Crippen LogP contribution in [0.2, 0.25) is 0 Å². The topological polar surface area (TPSA) is 55.2 Å². The van der Waals surface area contributed by atoms with Gasteiger partial charge in [-0.25, -0.2) is 0 Å². The van der Waals surface area contributed by atoms with Crippen molar-refractivity contribution in [2.75, 3.05) is 5.32 Å². The molecule has 0 fully saturated rings. The van der Waals surface area contributed by atoms with Crippen molar-refractivity contribution in [1.82, 2.24) is 0 Å². The summed E-state index contributed by atoms with van der Waals surface area (Å²) in [6.07, 6.45) is 0. The number of nitrogens with one attached hydrogen (secondary N) is 1. The molecule has 0 bridgehead atoms. The van der Waals surface area contributed by atoms with Crippen molar-refractivity contribution in [3.05, 3.63) is 67.7 Å². The molecule has 0 atom stereocenters. The van der Waals surface area contributed by atoms with Crippen molar-refractivity contribution >= 4 is 27.3 Å². The molecular formula is C15H15BrN2O2. The number of nitro benzene ring substituents is 1. The first-order valence-corrected chi connectivity index (χ1v) is 7.00. The van der Waals surface area contributed by atoms with Crippen LogP contribution >= 0.6 is 15.9 Å². The maximum absolute atomic E-state index is 10.9. The number of hydrogen-bond acceptors (Lipinski definition) is 3. The molecule has 0 aliphatic rings. The van der Waals surface area contributed by atoms with E-state index in [4.69, 9.17) is 0 Å². The Kier molecular flexibility index (Phi) is 4.39. The van der Waals surface area contributed by atoms with Crippen LogP contribution in [0.1, 0.15) is 16.7 Å². The summed E-state index contributed by atoms with van der Waals surface area (Å²) in [5.74, 6) is 0. The molecule has 0 aliphatic heterocycles. The fraction of sp³-hybridized carbons (Fsp3) is 0.200. The van der Waals surface area contributed by atoms with Crippen LogP contribution < -0.4 is 5.32 Å². The fourth-order valence-corrected chi connectivity index (χ4v) is 2.46. The van der Waals surface area contributed by atoms with Gasteiger partial charge in [0.05, 0.1) is 4.92 Å². The molecule has 0 unspecified atom stereocenters. The van der Waals surface area contributed by atoms with E-state index in [9.17, 15) is 10.1 Å². The summed E-state index contributed by atoms with van der Waals surface area (Å²) in [5.41, 5.74) is 3.89. The number of nitro groups is 1. The predicted molar refractivity (Wildman–Crippen MR) is 84.0 cm³/mol. The van der Waals surface area contributed by atoms with E-state index in [1.807, 2.05) is 31.2 Å². The predicted octanol–water partition coefficient (Wildman–Crippen LogP) is 4.59. The lowest BCUT2D eigenvalue weighted by Crippen LogP contribution is -2.02. The van der Waals surface area contributed by atoms with E-state index in [-0.39, 0.29) is 10.6 Å². The molecule has 2 aromatic carbocycles. The number of rotatable bonds is 4. The molecule has 20 heavy (non-hydrogen) atoms. The number of anilines is 1. The second-order valence-corrected chi connectivity index (χ2v) is 5.61. The molecule has 0 spiro atoms. The van der Waals surface area contributed by atoms with Crippen molar-refractivity contribution < 1.29 is 4.92 Å². The van der Waals surface area contributed by atoms with Crippen LogP contribution in [0.15, 0.2) is 40.9 Å². The van der Waals surface area contributed by atoms with Gasteiger partial charge in [0.15, 0.2) is 0 Å². The average Bonchev–Trinajstić information content (AvgIpc) is 2.39. The Balaban J connectivity index is 2.15. The molecule has 0 saturated heterocycles. The highest BCUT2D eigenvalue weighted by molar-refractivity contribution is 9.10. The lowest BCUT2D eigenvalue weighted by atomic mass is 10.1. The van der Waals surface area contributed by atoms with Crippen LogP contribution in [0, 0.1) is 24.0 Å². The minimum Gasteiger partial charge on any atom is -0.381 e. The van der Waals surface area contributed by atoms with Crippen LogP contribution in [0.4, 0.5) is 11.4 Å². The van der Waals surface area contributed by atoms with E-state index in [0.29, 0.717) is 12.1 Å². The van der Waals surface area contributed by atoms with Crippen LogP contribution in [-0.2, 0) is 6.54 Å². The van der Waals surface area contributed by atoms with E-state index in [1.54, 1.807) is 19.1 Å². The highest BCUT2D eigenvalue weighted by Gasteiger charge is 2.10. The van der Waals surface area contributed by atoms with E-state index in [2.05, 4.69) is 21.2 Å². The van der Waals surface area contributed by atoms with Gasteiger partial charge in [0.2, 0.25) is 0 Å². The van der Waals surface area contributed by atoms with Crippen molar-refractivity contribution in [2.24, 2.45) is 0 Å². The standard InChI is InChI=1S/C15H15BrN2O2/c1-10-3-4-12(8-15(10)18(19)20)9-17-14-6-5-13(16)7-11(14)2/h3-8,17H,9H2,1-2H3. The van der Waals surface area contributed by atoms with E-state index in [1.165, 1.54) is 0 Å². The summed E-state index contributed by atoms with van der Waals surface area (Å²) in [6, 6.07) is 11.3. The molecular weight excluding hydrogens is 320 g/mol. The molecule has 2 aromatic rings. The normalized spacial score (nSPS) is 10.3. The fourth-order valence-electron chi connectivity index (χ4n) is 1.98. The van der Waals surface area contributed by atoms with Gasteiger partial charge in [-0.3, -0.25) is 10.1 Å². The van der Waals surface area contributed by atoms with Gasteiger partial charge in [-0.15, -0.1) is 0 Å². The first-order chi connectivity index (χ1) is 9.47. The second kappa shape index (κ2) is 6.05. The Labute approximate surface area is 126 Å². The number of halogens is 1. The first-order valence-electron chi connectivity index (χ1n) is 6.21. The number of nitrogens with zero attached hydrogens (tertiary/aromatic N) is 1. The van der Waals surface area contributed by atoms with Crippen LogP contribution in [0.3, 0.4) is 0 Å². The zero-order valence-electron chi connectivity index (χ0n) is 11.3. The Morgan fingerprint density at radius 1 is 1.15 bits per heavy atom. The van der Waals surface area contributed by atoms with Gasteiger partial charge in [0.1, 0.15) is 0 Å². The minimum absolute atomic E-state index is 0.164. The molecule has 4 nitrogen and oxygen atoms in total. The average molecular weight is 335 g/mol. The summed E-state index contributed by atoms with van der Waals surface area (Å²) in [5, 5.41) is 14.2. The molecule has 5 heteroatoms. The summed E-state index contributed by atoms with van der Waals surface area (Å²) in [4.78, 5) is 10.6. The van der Waals surface area contributed by atoms with Crippen LogP contribution in [0.5, 0.6) is 0 Å². The van der Waals surface area contributed by atoms with Gasteiger partial charge >= 0.3 is 0 Å². The van der Waals surface area contributed by atoms with Gasteiger partial charge < -0.3 is 5.32 Å². The molecule has 2 rings (SSSR count). The van der Waals surface area contributed by atoms with Crippen molar-refractivity contribution in [2.45, 2.75) is 20.4 Å². The Morgan fingerprint density at radius 3 is 2.55 bits per heavy atom. The molecule has 1 N–H and O–H groups in total. The third kappa shape index (κ3) is 3.36. The minimum atomic E-state index is -0.344. The number of aryl methyl sites for hydroxylation is 2. The SMILES string of the molecule is Cc1cc(Br)ccc1NCc1ccc(C)c([N+](=O)[O-])c1. The third-order valence-electron chi connectivity index (χ3n) is 3.14. The third-order valence-corrected chi connectivity index (χ3v) is 3.63. The number of benzene rings is 2. The van der Waals surface area contributed by atoms with E-state index >= 15 is 0 Å². The zero-order valence-corrected chi connectivity index (χ0v) is 12.9. The smallest absolute Gasteiger partial charge is 0.272 e. The number of hydrogen-bond donors (Lipinski definition) is 1. The first kappa shape index (κ1) is 14.5. The molecule has 0 heterocycles. The Morgan fingerprint density at radius 2 is 1.90 bits per heavy atom. The largest absolute Gasteiger partial charge is 0.381 e. The summed E-state index contributed by atoms with van der Waals surface area (Å²) >= 11 is 3.42. The molecule has 104 valence electrons. The quantitative estimate of drug-likeness (QED) is 0.657. The summed E-state index contributed by atoms with van der Waals surface area (Å²) in [7, 11) is 0. The highest BCUT2D eigenvalue weighted by Crippen LogP contribution is 2.22. The monoisotopic (exact) mass is 334 g/mol. The Bertz CT molecular complexity index is 656. The van der Waals surface area contributed by atoms with E-state index < -0.39 is 0 Å². The van der Waals surface area contributed by atoms with Gasteiger partial charge in [0, 0.05) is 28.3 Å². The lowest BCUT2D eigenvalue weighted by molar-refractivity contribution is -0.385. The highest BCUT2D eigenvalue weighted by atomic mass is 79.9. The van der Waals surface area contributed by atoms with Crippen LogP contribution in [0.25, 0.3) is 0 Å². The molecule has 0 radical (unpaired) electrons. The van der Waals surface area contributed by atoms with Crippen LogP contribution in [-0.4, -0.2) is 4.92 Å². The summed E-state index contributed by atoms with van der Waals surface area (Å²) < 4.78 is 1.03. The summed E-state index contributed by atoms with van der Waals surface area (Å²) in [6.45, 7) is 4.32. The van der Waals surface area contributed by atoms with E-state index in [0.717, 1.165) is 21.3 Å². The van der Waals surface area contributed by atoms with Crippen molar-refractivity contribution in [3.63, 3.8) is 0 Å². The molecule has 0 aliphatic carbocycles. The van der Waals surface area contributed by atoms with Gasteiger partial charge in [-0.1, -0.05) is 28.1 Å². The molecule has 0 aromatic heterocycles. The second-order valence-electron chi connectivity index (χ2n) is 4.69. The maximum atomic E-state index is 10.9. The van der Waals surface area contributed by atoms with Gasteiger partial charge in [-0.2, -0.15) is 0 Å². The lowest BCUT2D eigenvalue weighted by Gasteiger charge is -2.10. The Hall–Kier alpha value is -1.88. The molecule has 0 amide bonds. The van der Waals surface area contributed by atoms with Crippen molar-refractivity contribution in [3.8, 4) is 0 Å². The molecule has 0 saturated carbocycles. The zero-order chi connectivity index (χ0) is 14.7. The van der Waals surface area contributed by atoms with Crippen molar-refractivity contribution in [1.29, 1.82) is 0 Å². The van der Waals surface area contributed by atoms with Gasteiger partial charge in [0.25, 0.3) is 5.69 Å².